The summed E-state index contributed by atoms with van der Waals surface area (Å²) in [5.74, 6) is -1.65. The molecule has 0 aliphatic carbocycles. The molecule has 3 aliphatic heterocycles. The number of hydrogen-bond donors (Lipinski definition) is 8. The number of carbonyl (C=O) groups excluding carboxylic acids is 1. The highest BCUT2D eigenvalue weighted by atomic mass is 16.5. The number of hydrogen-bond acceptors (Lipinski definition) is 8. The number of guanidine groups is 2. The van der Waals surface area contributed by atoms with Crippen molar-refractivity contribution in [2.45, 2.75) is 30.0 Å². The first-order valence-electron chi connectivity index (χ1n) is 6.48. The summed E-state index contributed by atoms with van der Waals surface area (Å²) in [5, 5.41) is 26.6. The van der Waals surface area contributed by atoms with Gasteiger partial charge in [0.1, 0.15) is 12.6 Å². The van der Waals surface area contributed by atoms with Gasteiger partial charge in [-0.1, -0.05) is 0 Å². The second-order valence-corrected chi connectivity index (χ2v) is 5.41. The summed E-state index contributed by atoms with van der Waals surface area (Å²) < 4.78 is 6.40. The Morgan fingerprint density at radius 3 is 2.90 bits per heavy atom. The van der Waals surface area contributed by atoms with E-state index in [-0.39, 0.29) is 24.9 Å². The van der Waals surface area contributed by atoms with Gasteiger partial charge in [0.15, 0.2) is 6.04 Å². The summed E-state index contributed by atoms with van der Waals surface area (Å²) in [4.78, 5) is 13.7. The summed E-state index contributed by atoms with van der Waals surface area (Å²) >= 11 is 0. The number of rotatable bonds is 2. The van der Waals surface area contributed by atoms with Crippen LogP contribution in [0.3, 0.4) is 0 Å². The fraction of sp³-hybridized carbons (Fsp3) is 0.700. The molecule has 11 heteroatoms. The topological polar surface area (TPSA) is 186 Å². The fourth-order valence-corrected chi connectivity index (χ4v) is 3.39. The van der Waals surface area contributed by atoms with Gasteiger partial charge in [-0.05, 0) is 0 Å². The fourth-order valence-electron chi connectivity index (χ4n) is 3.39. The van der Waals surface area contributed by atoms with E-state index in [1.165, 1.54) is 0 Å². The number of primary amides is 1. The highest BCUT2D eigenvalue weighted by Gasteiger charge is 2.74. The van der Waals surface area contributed by atoms with Gasteiger partial charge in [0, 0.05) is 6.42 Å². The van der Waals surface area contributed by atoms with Crippen LogP contribution in [0.4, 0.5) is 4.79 Å². The van der Waals surface area contributed by atoms with Gasteiger partial charge in [0.05, 0.1) is 6.54 Å². The number of amides is 1. The molecule has 11 N–H and O–H groups in total. The van der Waals surface area contributed by atoms with Crippen molar-refractivity contribution >= 4 is 18.0 Å². The smallest absolute Gasteiger partial charge is 0.404 e. The lowest BCUT2D eigenvalue weighted by molar-refractivity contribution is -0.674. The van der Waals surface area contributed by atoms with E-state index in [2.05, 4.69) is 15.6 Å². The van der Waals surface area contributed by atoms with Gasteiger partial charge >= 0.3 is 18.0 Å². The van der Waals surface area contributed by atoms with Crippen LogP contribution in [0.25, 0.3) is 0 Å². The second-order valence-electron chi connectivity index (χ2n) is 5.41. The molecule has 116 valence electrons. The van der Waals surface area contributed by atoms with Crippen molar-refractivity contribution in [2.75, 3.05) is 13.2 Å². The molecule has 3 aliphatic rings. The van der Waals surface area contributed by atoms with Gasteiger partial charge in [-0.25, -0.2) is 14.7 Å². The normalized spacial score (nSPS) is 36.2. The van der Waals surface area contributed by atoms with Crippen molar-refractivity contribution in [3.63, 3.8) is 0 Å². The predicted octanol–water partition coefficient (Wildman–Crippen LogP) is -6.47. The molecule has 11 nitrogen and oxygen atoms in total. The van der Waals surface area contributed by atoms with Crippen molar-refractivity contribution in [1.82, 2.24) is 10.6 Å². The summed E-state index contributed by atoms with van der Waals surface area (Å²) in [6.45, 7) is 0.224. The van der Waals surface area contributed by atoms with Gasteiger partial charge in [-0.15, -0.1) is 0 Å². The van der Waals surface area contributed by atoms with E-state index < -0.39 is 29.6 Å². The van der Waals surface area contributed by atoms with E-state index in [0.717, 1.165) is 0 Å². The molecule has 0 saturated carbocycles. The van der Waals surface area contributed by atoms with Crippen LogP contribution in [-0.2, 0) is 4.74 Å². The van der Waals surface area contributed by atoms with E-state index in [9.17, 15) is 15.0 Å². The largest absolute Gasteiger partial charge is 0.446 e. The van der Waals surface area contributed by atoms with Crippen LogP contribution in [0.15, 0.2) is 0 Å². The molecule has 1 amide bonds. The molecule has 1 saturated heterocycles. The average molecular weight is 301 g/mol. The Hall–Kier alpha value is -2.27. The highest BCUT2D eigenvalue weighted by molar-refractivity contribution is 5.78. The quantitative estimate of drug-likeness (QED) is 0.183. The van der Waals surface area contributed by atoms with Gasteiger partial charge < -0.3 is 20.7 Å². The maximum absolute atomic E-state index is 10.8. The minimum absolute atomic E-state index is 0.0806. The van der Waals surface area contributed by atoms with E-state index >= 15 is 0 Å². The van der Waals surface area contributed by atoms with Crippen molar-refractivity contribution in [3.05, 3.63) is 0 Å². The van der Waals surface area contributed by atoms with Crippen molar-refractivity contribution in [2.24, 2.45) is 17.2 Å². The lowest BCUT2D eigenvalue weighted by Crippen LogP contribution is -2.91. The Kier molecular flexibility index (Phi) is 2.68. The third-order valence-corrected chi connectivity index (χ3v) is 4.24. The third kappa shape index (κ3) is 1.70. The molecule has 3 atom stereocenters. The Morgan fingerprint density at radius 2 is 2.24 bits per heavy atom. The zero-order valence-electron chi connectivity index (χ0n) is 11.2. The zero-order valence-corrected chi connectivity index (χ0v) is 11.2. The molecule has 0 radical (unpaired) electrons. The Balaban J connectivity index is 2.02. The van der Waals surface area contributed by atoms with Crippen molar-refractivity contribution in [1.29, 1.82) is 0 Å². The Bertz CT molecular complexity index is 560. The molecule has 1 spiro atoms. The maximum atomic E-state index is 10.8. The number of nitrogens with two attached hydrogens (primary N) is 3. The lowest BCUT2D eigenvalue weighted by Gasteiger charge is -2.40. The predicted molar refractivity (Wildman–Crippen MR) is 68.4 cm³/mol. The van der Waals surface area contributed by atoms with Gasteiger partial charge in [-0.3, -0.25) is 21.8 Å². The monoisotopic (exact) mass is 301 g/mol. The van der Waals surface area contributed by atoms with E-state index in [4.69, 9.17) is 21.9 Å². The molecule has 0 aromatic carbocycles. The zero-order chi connectivity index (χ0) is 15.4. The molecular weight excluding hydrogens is 282 g/mol. The molecule has 21 heavy (non-hydrogen) atoms. The van der Waals surface area contributed by atoms with Crippen LogP contribution in [0.1, 0.15) is 6.42 Å². The molecule has 3 heterocycles. The number of nitrogens with one attached hydrogen (secondary N) is 3. The number of nitrogens with zero attached hydrogens (tertiary/aromatic N) is 1. The molecule has 0 aromatic rings. The first kappa shape index (κ1) is 13.7. The average Bonchev–Trinajstić information content (AvgIpc) is 2.85. The van der Waals surface area contributed by atoms with Crippen LogP contribution < -0.4 is 32.8 Å². The number of ether oxygens (including phenoxy) is 1. The van der Waals surface area contributed by atoms with Gasteiger partial charge in [-0.2, -0.15) is 0 Å². The molecule has 3 rings (SSSR count). The number of aliphatic hydroxyl groups is 2. The molecule has 0 bridgehead atoms. The first-order chi connectivity index (χ1) is 9.78. The second kappa shape index (κ2) is 4.11. The SMILES string of the molecule is NC(=O)OCC1NC(N)=[N+]2CCC(O)(O)[C@@]23NC(N)=[NH+][C@@H]13. The highest BCUT2D eigenvalue weighted by Crippen LogP contribution is 2.36. The minimum atomic E-state index is -2.07. The summed E-state index contributed by atoms with van der Waals surface area (Å²) in [5.41, 5.74) is 15.3. The van der Waals surface area contributed by atoms with E-state index in [1.54, 1.807) is 4.58 Å². The summed E-state index contributed by atoms with van der Waals surface area (Å²) in [6.07, 6.45) is -0.850. The third-order valence-electron chi connectivity index (χ3n) is 4.24. The first-order valence-corrected chi connectivity index (χ1v) is 6.48. The van der Waals surface area contributed by atoms with Gasteiger partial charge in [0.25, 0.3) is 5.66 Å². The van der Waals surface area contributed by atoms with Crippen LogP contribution in [0.2, 0.25) is 0 Å². The standard InChI is InChI=1S/C10H17N7O4/c11-6-15-5-4(3-21-8(13)18)14-7(12)17-2-1-9(19,20)10(5,17)16-6/h4-5,19-20H,1-3H2,(H7,11,12,13,14,15,16,18)/p+2/t4?,5-,10-/m0/s1. The summed E-state index contributed by atoms with van der Waals surface area (Å²) in [7, 11) is 0. The lowest BCUT2D eigenvalue weighted by atomic mass is 9.87. The van der Waals surface area contributed by atoms with Gasteiger partial charge in [0.2, 0.25) is 5.79 Å². The van der Waals surface area contributed by atoms with Crippen LogP contribution >= 0.6 is 0 Å². The van der Waals surface area contributed by atoms with E-state index in [1.807, 2.05) is 0 Å². The maximum Gasteiger partial charge on any atom is 0.404 e. The van der Waals surface area contributed by atoms with Crippen molar-refractivity contribution in [3.8, 4) is 0 Å². The summed E-state index contributed by atoms with van der Waals surface area (Å²) in [6, 6.07) is -1.14. The molecule has 0 aromatic heterocycles. The Morgan fingerprint density at radius 1 is 1.52 bits per heavy atom. The van der Waals surface area contributed by atoms with E-state index in [0.29, 0.717) is 6.54 Å². The van der Waals surface area contributed by atoms with Crippen LogP contribution in [-0.4, -0.2) is 69.5 Å². The van der Waals surface area contributed by atoms with Crippen LogP contribution in [0.5, 0.6) is 0 Å². The molecule has 1 unspecified atom stereocenters. The van der Waals surface area contributed by atoms with Crippen LogP contribution in [0, 0.1) is 0 Å². The molecule has 1 fully saturated rings. The molecular formula is C10H19N7O4+2. The number of carbonyl (C=O) groups is 1. The minimum Gasteiger partial charge on any atom is -0.446 e. The Labute approximate surface area is 119 Å². The van der Waals surface area contributed by atoms with Crippen molar-refractivity contribution < 1.29 is 29.3 Å².